The Hall–Kier alpha value is -2.99. The number of nitrogen functional groups attached to an aromatic ring is 1. The average Bonchev–Trinajstić information content (AvgIpc) is 2.58. The quantitative estimate of drug-likeness (QED) is 0.429. The number of hydrogen-bond donors (Lipinski definition) is 2. The Kier molecular flexibility index (Phi) is 3.67. The van der Waals surface area contributed by atoms with E-state index in [2.05, 4.69) is 10.5 Å². The molecule has 1 heterocycles. The highest BCUT2D eigenvalue weighted by atomic mass is 16.2. The Morgan fingerprint density at radius 3 is 2.36 bits per heavy atom. The van der Waals surface area contributed by atoms with Crippen LogP contribution in [0.2, 0.25) is 0 Å². The fourth-order valence-electron chi connectivity index (χ4n) is 2.33. The molecule has 0 saturated heterocycles. The van der Waals surface area contributed by atoms with Gasteiger partial charge in [0.15, 0.2) is 5.69 Å². The van der Waals surface area contributed by atoms with Gasteiger partial charge in [0.2, 0.25) is 0 Å². The third-order valence-corrected chi connectivity index (χ3v) is 3.39. The maximum atomic E-state index is 12.5. The van der Waals surface area contributed by atoms with Gasteiger partial charge in [-0.3, -0.25) is 15.0 Å². The molecule has 0 unspecified atom stereocenters. The molecule has 2 aromatic carbocycles. The van der Waals surface area contributed by atoms with E-state index in [1.807, 2.05) is 30.3 Å². The number of aromatic nitrogens is 2. The van der Waals surface area contributed by atoms with Gasteiger partial charge in [-0.15, -0.1) is 0 Å². The predicted molar refractivity (Wildman–Crippen MR) is 83.2 cm³/mol. The molecular weight excluding hydrogens is 280 g/mol. The minimum atomic E-state index is -0.530. The highest BCUT2D eigenvalue weighted by Gasteiger charge is 2.15. The van der Waals surface area contributed by atoms with Crippen molar-refractivity contribution in [1.82, 2.24) is 15.2 Å². The van der Waals surface area contributed by atoms with E-state index >= 15 is 0 Å². The molecule has 6 nitrogen and oxygen atoms in total. The van der Waals surface area contributed by atoms with Crippen LogP contribution in [0.5, 0.6) is 0 Å². The minimum absolute atomic E-state index is 0.133. The number of hydrazine groups is 1. The molecule has 1 amide bonds. The van der Waals surface area contributed by atoms with Crippen molar-refractivity contribution in [3.63, 3.8) is 0 Å². The topological polar surface area (TPSA) is 90.0 Å². The fraction of sp³-hybridized carbons (Fsp3) is 0.0625. The maximum Gasteiger partial charge on any atom is 0.286 e. The van der Waals surface area contributed by atoms with Crippen molar-refractivity contribution in [2.24, 2.45) is 5.84 Å². The van der Waals surface area contributed by atoms with Crippen LogP contribution in [0.25, 0.3) is 10.8 Å². The first-order valence-electron chi connectivity index (χ1n) is 6.75. The number of nitrogens with zero attached hydrogens (tertiary/aromatic N) is 2. The molecule has 0 fully saturated rings. The van der Waals surface area contributed by atoms with Gasteiger partial charge in [-0.05, 0) is 11.6 Å². The molecule has 3 N–H and O–H groups in total. The van der Waals surface area contributed by atoms with E-state index in [0.29, 0.717) is 10.8 Å². The molecule has 22 heavy (non-hydrogen) atoms. The Bertz CT molecular complexity index is 888. The summed E-state index contributed by atoms with van der Waals surface area (Å²) in [5, 5.41) is 5.10. The van der Waals surface area contributed by atoms with Crippen LogP contribution in [0.4, 0.5) is 0 Å². The smallest absolute Gasteiger partial charge is 0.286 e. The van der Waals surface area contributed by atoms with Crippen molar-refractivity contribution in [2.75, 3.05) is 0 Å². The first-order chi connectivity index (χ1) is 10.7. The van der Waals surface area contributed by atoms with Gasteiger partial charge >= 0.3 is 0 Å². The molecular formula is C16H14N4O2. The van der Waals surface area contributed by atoms with Gasteiger partial charge in [0.25, 0.3) is 11.5 Å². The van der Waals surface area contributed by atoms with Crippen LogP contribution in [-0.2, 0) is 6.54 Å². The Morgan fingerprint density at radius 2 is 1.68 bits per heavy atom. The van der Waals surface area contributed by atoms with Gasteiger partial charge < -0.3 is 0 Å². The molecule has 0 aliphatic rings. The van der Waals surface area contributed by atoms with Gasteiger partial charge in [0.05, 0.1) is 11.9 Å². The Labute approximate surface area is 126 Å². The zero-order valence-corrected chi connectivity index (χ0v) is 11.7. The molecule has 0 aliphatic heterocycles. The molecule has 1 aromatic heterocycles. The number of carbonyl (C=O) groups excluding carboxylic acids is 1. The molecule has 0 aliphatic carbocycles. The van der Waals surface area contributed by atoms with E-state index < -0.39 is 5.91 Å². The van der Waals surface area contributed by atoms with Crippen LogP contribution >= 0.6 is 0 Å². The molecule has 0 spiro atoms. The summed E-state index contributed by atoms with van der Waals surface area (Å²) in [5.41, 5.74) is 2.88. The molecule has 0 bridgehead atoms. The predicted octanol–water partition coefficient (Wildman–Crippen LogP) is 1.05. The Morgan fingerprint density at radius 1 is 1.05 bits per heavy atom. The second-order valence-electron chi connectivity index (χ2n) is 4.82. The van der Waals surface area contributed by atoms with E-state index in [0.717, 1.165) is 5.56 Å². The lowest BCUT2D eigenvalue weighted by Crippen LogP contribution is -2.34. The summed E-state index contributed by atoms with van der Waals surface area (Å²) < 4.78 is 1.28. The number of amides is 1. The summed E-state index contributed by atoms with van der Waals surface area (Å²) in [4.78, 5) is 24.5. The number of nitrogens with one attached hydrogen (secondary N) is 1. The highest BCUT2D eigenvalue weighted by molar-refractivity contribution is 6.04. The number of benzene rings is 2. The zero-order valence-electron chi connectivity index (χ0n) is 11.7. The van der Waals surface area contributed by atoms with Crippen molar-refractivity contribution < 1.29 is 4.79 Å². The van der Waals surface area contributed by atoms with Crippen LogP contribution in [0.3, 0.4) is 0 Å². The maximum absolute atomic E-state index is 12.5. The lowest BCUT2D eigenvalue weighted by Gasteiger charge is -2.10. The van der Waals surface area contributed by atoms with Gasteiger partial charge in [-0.25, -0.2) is 10.5 Å². The molecule has 110 valence electrons. The van der Waals surface area contributed by atoms with Gasteiger partial charge in [-0.2, -0.15) is 5.10 Å². The summed E-state index contributed by atoms with van der Waals surface area (Å²) in [5.74, 6) is 4.68. The van der Waals surface area contributed by atoms with Crippen molar-refractivity contribution in [2.45, 2.75) is 6.54 Å². The van der Waals surface area contributed by atoms with Crippen molar-refractivity contribution in [3.8, 4) is 0 Å². The Balaban J connectivity index is 2.21. The van der Waals surface area contributed by atoms with E-state index in [1.54, 1.807) is 24.3 Å². The largest absolute Gasteiger partial charge is 0.289 e. The summed E-state index contributed by atoms with van der Waals surface area (Å²) in [6.07, 6.45) is 0. The molecule has 3 aromatic rings. The van der Waals surface area contributed by atoms with E-state index in [9.17, 15) is 9.59 Å². The van der Waals surface area contributed by atoms with E-state index in [1.165, 1.54) is 4.68 Å². The van der Waals surface area contributed by atoms with Crippen LogP contribution in [-0.4, -0.2) is 15.7 Å². The van der Waals surface area contributed by atoms with Gasteiger partial charge in [0.1, 0.15) is 0 Å². The minimum Gasteiger partial charge on any atom is -0.289 e. The lowest BCUT2D eigenvalue weighted by molar-refractivity contribution is 0.0948. The summed E-state index contributed by atoms with van der Waals surface area (Å²) in [7, 11) is 0. The first-order valence-corrected chi connectivity index (χ1v) is 6.75. The third-order valence-electron chi connectivity index (χ3n) is 3.39. The van der Waals surface area contributed by atoms with Gasteiger partial charge in [-0.1, -0.05) is 48.5 Å². The van der Waals surface area contributed by atoms with E-state index in [-0.39, 0.29) is 17.8 Å². The normalized spacial score (nSPS) is 10.6. The van der Waals surface area contributed by atoms with Crippen LogP contribution in [0, 0.1) is 0 Å². The molecule has 0 radical (unpaired) electrons. The van der Waals surface area contributed by atoms with Crippen LogP contribution < -0.4 is 16.8 Å². The lowest BCUT2D eigenvalue weighted by atomic mass is 10.1. The number of rotatable bonds is 3. The SMILES string of the molecule is NNC(=O)c1nn(Cc2ccccc2)c(=O)c2ccccc12. The number of hydrogen-bond acceptors (Lipinski definition) is 4. The summed E-state index contributed by atoms with van der Waals surface area (Å²) in [6, 6.07) is 16.3. The highest BCUT2D eigenvalue weighted by Crippen LogP contribution is 2.13. The second kappa shape index (κ2) is 5.79. The molecule has 0 saturated carbocycles. The molecule has 6 heteroatoms. The number of carbonyl (C=O) groups is 1. The standard InChI is InChI=1S/C16H14N4O2/c17-18-15(21)14-12-8-4-5-9-13(12)16(22)20(19-14)10-11-6-2-1-3-7-11/h1-9H,10,17H2,(H,18,21). The third kappa shape index (κ3) is 2.47. The molecule has 3 rings (SSSR count). The van der Waals surface area contributed by atoms with E-state index in [4.69, 9.17) is 5.84 Å². The monoisotopic (exact) mass is 294 g/mol. The first kappa shape index (κ1) is 14.0. The van der Waals surface area contributed by atoms with Gasteiger partial charge in [0, 0.05) is 5.39 Å². The zero-order chi connectivity index (χ0) is 15.5. The average molecular weight is 294 g/mol. The van der Waals surface area contributed by atoms with Crippen molar-refractivity contribution >= 4 is 16.7 Å². The molecule has 0 atom stereocenters. The van der Waals surface area contributed by atoms with Crippen LogP contribution in [0.1, 0.15) is 16.1 Å². The fourth-order valence-corrected chi connectivity index (χ4v) is 2.33. The summed E-state index contributed by atoms with van der Waals surface area (Å²) in [6.45, 7) is 0.287. The van der Waals surface area contributed by atoms with Crippen molar-refractivity contribution in [3.05, 3.63) is 76.2 Å². The number of fused-ring (bicyclic) bond motifs is 1. The number of nitrogens with two attached hydrogens (primary N) is 1. The summed E-state index contributed by atoms with van der Waals surface area (Å²) >= 11 is 0. The van der Waals surface area contributed by atoms with Crippen molar-refractivity contribution in [1.29, 1.82) is 0 Å². The van der Waals surface area contributed by atoms with Crippen LogP contribution in [0.15, 0.2) is 59.4 Å². The second-order valence-corrected chi connectivity index (χ2v) is 4.82.